The van der Waals surface area contributed by atoms with Gasteiger partial charge in [0.2, 0.25) is 5.88 Å². The molecule has 2 aliphatic rings. The van der Waals surface area contributed by atoms with Crippen molar-refractivity contribution in [1.82, 2.24) is 10.3 Å². The van der Waals surface area contributed by atoms with Crippen LogP contribution in [0.5, 0.6) is 5.88 Å². The zero-order valence-electron chi connectivity index (χ0n) is 22.8. The van der Waals surface area contributed by atoms with Gasteiger partial charge in [0.15, 0.2) is 0 Å². The van der Waals surface area contributed by atoms with Gasteiger partial charge in [0.05, 0.1) is 23.3 Å². The number of rotatable bonds is 7. The lowest BCUT2D eigenvalue weighted by Crippen LogP contribution is -2.41. The smallest absolute Gasteiger partial charge is 0.481 e. The quantitative estimate of drug-likeness (QED) is 0.351. The number of nitrogens with zero attached hydrogens (tertiary/aromatic N) is 1. The zero-order chi connectivity index (χ0) is 27.8. The first-order valence-electron chi connectivity index (χ1n) is 12.9. The summed E-state index contributed by atoms with van der Waals surface area (Å²) in [6.07, 6.45) is 2.81. The summed E-state index contributed by atoms with van der Waals surface area (Å²) in [4.78, 5) is 17.2. The number of pyridine rings is 1. The summed E-state index contributed by atoms with van der Waals surface area (Å²) in [6, 6.07) is 18.2. The predicted octanol–water partition coefficient (Wildman–Crippen LogP) is 6.30. The van der Waals surface area contributed by atoms with Crippen LogP contribution in [0.3, 0.4) is 0 Å². The maximum atomic E-state index is 12.9. The van der Waals surface area contributed by atoms with E-state index in [2.05, 4.69) is 34.6 Å². The number of hydrogen-bond donors (Lipinski definition) is 1. The molecule has 0 radical (unpaired) electrons. The molecule has 2 aromatic carbocycles. The van der Waals surface area contributed by atoms with Gasteiger partial charge in [-0.15, -0.1) is 0 Å². The summed E-state index contributed by atoms with van der Waals surface area (Å²) in [5.74, 6) is 0.373. The highest BCUT2D eigenvalue weighted by Gasteiger charge is 2.52. The highest BCUT2D eigenvalue weighted by Crippen LogP contribution is 2.44. The fraction of sp³-hybridized carbons (Fsp3) is 0.333. The van der Waals surface area contributed by atoms with Gasteiger partial charge >= 0.3 is 13.2 Å². The first-order valence-corrected chi connectivity index (χ1v) is 13.3. The molecule has 9 heteroatoms. The Labute approximate surface area is 234 Å². The Morgan fingerprint density at radius 3 is 2.23 bits per heavy atom. The van der Waals surface area contributed by atoms with E-state index in [1.807, 2.05) is 58.0 Å². The van der Waals surface area contributed by atoms with Crippen molar-refractivity contribution < 1.29 is 23.6 Å². The van der Waals surface area contributed by atoms with Crippen molar-refractivity contribution in [3.8, 4) is 17.0 Å². The minimum Gasteiger partial charge on any atom is -0.481 e. The number of alkyl carbamates (subject to hydrolysis) is 1. The SMILES string of the molecule is COc1ncc(Cl)cc1C=C(CNC(=O)OCC1c2ccccc2-c2ccccc21)B1OC(C)(C)C(C)(C)O1. The molecule has 1 aliphatic heterocycles. The van der Waals surface area contributed by atoms with Crippen molar-refractivity contribution in [2.75, 3.05) is 20.3 Å². The van der Waals surface area contributed by atoms with E-state index in [0.29, 0.717) is 21.9 Å². The molecule has 2 heterocycles. The number of fused-ring (bicyclic) bond motifs is 3. The van der Waals surface area contributed by atoms with Crippen LogP contribution in [0.15, 0.2) is 66.3 Å². The maximum Gasteiger partial charge on any atom is 0.492 e. The molecule has 0 atom stereocenters. The number of carbonyl (C=O) groups excluding carboxylic acids is 1. The molecule has 1 aliphatic carbocycles. The van der Waals surface area contributed by atoms with E-state index in [9.17, 15) is 4.79 Å². The Balaban J connectivity index is 1.33. The number of benzene rings is 2. The zero-order valence-corrected chi connectivity index (χ0v) is 23.5. The van der Waals surface area contributed by atoms with Crippen molar-refractivity contribution in [2.24, 2.45) is 0 Å². The summed E-state index contributed by atoms with van der Waals surface area (Å²) >= 11 is 6.21. The number of ether oxygens (including phenoxy) is 2. The van der Waals surface area contributed by atoms with Gasteiger partial charge in [0.1, 0.15) is 6.61 Å². The van der Waals surface area contributed by atoms with Crippen molar-refractivity contribution >= 4 is 30.9 Å². The van der Waals surface area contributed by atoms with Crippen molar-refractivity contribution in [3.05, 3.63) is 88.0 Å². The fourth-order valence-corrected chi connectivity index (χ4v) is 5.10. The standard InChI is InChI=1S/C30H32BClN2O5/c1-29(2)30(3,4)39-31(38-29)20(14-19-15-21(32)17-33-27(19)36-5)16-34-28(35)37-18-26-24-12-8-6-10-22(24)23-11-7-9-13-25(23)26/h6-15,17,26H,16,18H2,1-5H3,(H,34,35). The van der Waals surface area contributed by atoms with E-state index in [0.717, 1.165) is 11.1 Å². The largest absolute Gasteiger partial charge is 0.492 e. The molecule has 1 amide bonds. The van der Waals surface area contributed by atoms with Gasteiger partial charge in [0.25, 0.3) is 0 Å². The second-order valence-electron chi connectivity index (χ2n) is 10.7. The average Bonchev–Trinajstić information content (AvgIpc) is 3.34. The molecule has 0 unspecified atom stereocenters. The van der Waals surface area contributed by atoms with E-state index >= 15 is 0 Å². The van der Waals surface area contributed by atoms with Crippen molar-refractivity contribution in [3.63, 3.8) is 0 Å². The molecule has 1 fully saturated rings. The third kappa shape index (κ3) is 5.42. The van der Waals surface area contributed by atoms with Crippen LogP contribution in [0.1, 0.15) is 50.3 Å². The number of nitrogens with one attached hydrogen (secondary N) is 1. The molecule has 1 aromatic heterocycles. The first kappa shape index (κ1) is 27.2. The maximum absolute atomic E-state index is 12.9. The Bertz CT molecular complexity index is 1360. The number of amides is 1. The monoisotopic (exact) mass is 546 g/mol. The molecule has 7 nitrogen and oxygen atoms in total. The van der Waals surface area contributed by atoms with E-state index in [-0.39, 0.29) is 19.1 Å². The summed E-state index contributed by atoms with van der Waals surface area (Å²) in [5, 5.41) is 3.33. The second kappa shape index (κ2) is 10.7. The van der Waals surface area contributed by atoms with Gasteiger partial charge in [-0.1, -0.05) is 66.2 Å². The van der Waals surface area contributed by atoms with Crippen LogP contribution < -0.4 is 10.1 Å². The Morgan fingerprint density at radius 2 is 1.64 bits per heavy atom. The summed E-state index contributed by atoms with van der Waals surface area (Å²) in [7, 11) is 0.837. The van der Waals surface area contributed by atoms with Gasteiger partial charge in [-0.05, 0) is 61.5 Å². The molecule has 0 saturated carbocycles. The lowest BCUT2D eigenvalue weighted by molar-refractivity contribution is 0.00578. The van der Waals surface area contributed by atoms with Gasteiger partial charge in [-0.25, -0.2) is 9.78 Å². The molecule has 0 spiro atoms. The van der Waals surface area contributed by atoms with Gasteiger partial charge in [-0.2, -0.15) is 0 Å². The van der Waals surface area contributed by atoms with E-state index in [1.165, 1.54) is 24.4 Å². The lowest BCUT2D eigenvalue weighted by Gasteiger charge is -2.32. The summed E-state index contributed by atoms with van der Waals surface area (Å²) in [6.45, 7) is 8.26. The number of halogens is 1. The van der Waals surface area contributed by atoms with Gasteiger partial charge < -0.3 is 24.1 Å². The number of methoxy groups -OCH3 is 1. The molecule has 1 saturated heterocycles. The van der Waals surface area contributed by atoms with Crippen LogP contribution in [0.2, 0.25) is 5.02 Å². The molecular formula is C30H32BClN2O5. The topological polar surface area (TPSA) is 78.9 Å². The highest BCUT2D eigenvalue weighted by molar-refractivity contribution is 6.56. The predicted molar refractivity (Wildman–Crippen MR) is 153 cm³/mol. The van der Waals surface area contributed by atoms with Crippen LogP contribution in [0, 0.1) is 0 Å². The summed E-state index contributed by atoms with van der Waals surface area (Å²) in [5.41, 5.74) is 4.87. The number of hydrogen-bond acceptors (Lipinski definition) is 6. The fourth-order valence-electron chi connectivity index (χ4n) is 4.94. The number of aromatic nitrogens is 1. The van der Waals surface area contributed by atoms with Crippen molar-refractivity contribution in [1.29, 1.82) is 0 Å². The Morgan fingerprint density at radius 1 is 1.05 bits per heavy atom. The molecule has 5 rings (SSSR count). The van der Waals surface area contributed by atoms with Crippen molar-refractivity contribution in [2.45, 2.75) is 44.8 Å². The Kier molecular flexibility index (Phi) is 7.46. The average molecular weight is 547 g/mol. The molecular weight excluding hydrogens is 515 g/mol. The number of carbonyl (C=O) groups is 1. The van der Waals surface area contributed by atoms with Gasteiger partial charge in [0, 0.05) is 24.2 Å². The Hall–Kier alpha value is -3.33. The van der Waals surface area contributed by atoms with E-state index in [1.54, 1.807) is 6.07 Å². The minimum absolute atomic E-state index is 0.0249. The normalized spacial score (nSPS) is 17.5. The molecule has 0 bridgehead atoms. The minimum atomic E-state index is -0.701. The van der Waals surface area contributed by atoms with Crippen LogP contribution in [-0.2, 0) is 14.0 Å². The second-order valence-corrected chi connectivity index (χ2v) is 11.2. The van der Waals surface area contributed by atoms with E-state index in [4.69, 9.17) is 30.4 Å². The summed E-state index contributed by atoms with van der Waals surface area (Å²) < 4.78 is 23.7. The molecule has 3 aromatic rings. The van der Waals surface area contributed by atoms with Crippen LogP contribution in [-0.4, -0.2) is 49.7 Å². The molecule has 39 heavy (non-hydrogen) atoms. The van der Waals surface area contributed by atoms with Crippen LogP contribution in [0.25, 0.3) is 17.2 Å². The van der Waals surface area contributed by atoms with Gasteiger partial charge in [-0.3, -0.25) is 0 Å². The van der Waals surface area contributed by atoms with E-state index < -0.39 is 24.4 Å². The molecule has 1 N–H and O–H groups in total. The molecule has 202 valence electrons. The first-order chi connectivity index (χ1) is 18.6. The van der Waals surface area contributed by atoms with Crippen LogP contribution in [0.4, 0.5) is 4.79 Å². The third-order valence-corrected chi connectivity index (χ3v) is 7.92. The van der Waals surface area contributed by atoms with Crippen LogP contribution >= 0.6 is 11.6 Å². The third-order valence-electron chi connectivity index (χ3n) is 7.72. The lowest BCUT2D eigenvalue weighted by atomic mass is 9.77. The highest BCUT2D eigenvalue weighted by atomic mass is 35.5.